The van der Waals surface area contributed by atoms with Gasteiger partial charge in [0.05, 0.1) is 16.3 Å². The molecule has 35 heavy (non-hydrogen) atoms. The Labute approximate surface area is 205 Å². The molecule has 3 aromatic carbocycles. The van der Waals surface area contributed by atoms with Crippen molar-refractivity contribution in [3.05, 3.63) is 108 Å². The first-order valence-corrected chi connectivity index (χ1v) is 13.0. The molecule has 0 saturated heterocycles. The predicted molar refractivity (Wildman–Crippen MR) is 135 cm³/mol. The van der Waals surface area contributed by atoms with E-state index in [1.807, 2.05) is 60.8 Å². The number of benzene rings is 3. The highest BCUT2D eigenvalue weighted by atomic mass is 32.2. The van der Waals surface area contributed by atoms with Gasteiger partial charge in [0.25, 0.3) is 15.9 Å². The number of nitrogens with one attached hydrogen (secondary N) is 1. The van der Waals surface area contributed by atoms with Crippen molar-refractivity contribution in [2.45, 2.75) is 24.2 Å². The van der Waals surface area contributed by atoms with E-state index in [0.29, 0.717) is 30.8 Å². The zero-order valence-electron chi connectivity index (χ0n) is 19.2. The molecule has 0 radical (unpaired) electrons. The quantitative estimate of drug-likeness (QED) is 0.428. The maximum Gasteiger partial charge on any atom is 0.264 e. The number of sulfonamides is 1. The van der Waals surface area contributed by atoms with Crippen LogP contribution in [0.4, 0.5) is 5.69 Å². The van der Waals surface area contributed by atoms with Gasteiger partial charge in [0.1, 0.15) is 0 Å². The van der Waals surface area contributed by atoms with Gasteiger partial charge in [-0.2, -0.15) is 5.10 Å². The van der Waals surface area contributed by atoms with Crippen LogP contribution in [0.1, 0.15) is 27.9 Å². The molecule has 1 aliphatic heterocycles. The van der Waals surface area contributed by atoms with Gasteiger partial charge in [-0.05, 0) is 72.9 Å². The van der Waals surface area contributed by atoms with Crippen LogP contribution in [0.5, 0.6) is 0 Å². The minimum absolute atomic E-state index is 0.121. The average Bonchev–Trinajstić information content (AvgIpc) is 3.44. The van der Waals surface area contributed by atoms with Gasteiger partial charge in [0, 0.05) is 31.0 Å². The third kappa shape index (κ3) is 4.83. The lowest BCUT2D eigenvalue weighted by Crippen LogP contribution is -2.35. The minimum atomic E-state index is -3.77. The third-order valence-electron chi connectivity index (χ3n) is 6.16. The third-order valence-corrected chi connectivity index (χ3v) is 7.97. The summed E-state index contributed by atoms with van der Waals surface area (Å²) in [4.78, 5) is 12.9. The number of hydrogen-bond donors (Lipinski definition) is 1. The van der Waals surface area contributed by atoms with Gasteiger partial charge in [-0.1, -0.05) is 36.4 Å². The Morgan fingerprint density at radius 3 is 2.60 bits per heavy atom. The van der Waals surface area contributed by atoms with Gasteiger partial charge in [-0.3, -0.25) is 9.10 Å². The summed E-state index contributed by atoms with van der Waals surface area (Å²) in [5, 5.41) is 7.11. The van der Waals surface area contributed by atoms with Crippen molar-refractivity contribution in [1.82, 2.24) is 15.1 Å². The molecule has 2 heterocycles. The molecule has 1 amide bonds. The summed E-state index contributed by atoms with van der Waals surface area (Å²) in [5.74, 6) is -0.297. The van der Waals surface area contributed by atoms with E-state index in [4.69, 9.17) is 0 Å². The Hall–Kier alpha value is -3.91. The summed E-state index contributed by atoms with van der Waals surface area (Å²) >= 11 is 0. The van der Waals surface area contributed by atoms with Gasteiger partial charge in [0.2, 0.25) is 0 Å². The van der Waals surface area contributed by atoms with Crippen LogP contribution in [0.25, 0.3) is 5.69 Å². The highest BCUT2D eigenvalue weighted by Gasteiger charge is 2.29. The number of anilines is 1. The smallest absolute Gasteiger partial charge is 0.264 e. The Bertz CT molecular complexity index is 1430. The van der Waals surface area contributed by atoms with Crippen molar-refractivity contribution in [1.29, 1.82) is 0 Å². The number of rotatable bonds is 7. The molecule has 1 N–H and O–H groups in total. The average molecular weight is 487 g/mol. The summed E-state index contributed by atoms with van der Waals surface area (Å²) in [7, 11) is -3.77. The first kappa shape index (κ1) is 22.9. The molecule has 0 saturated carbocycles. The molecule has 0 spiro atoms. The van der Waals surface area contributed by atoms with Crippen LogP contribution in [-0.4, -0.2) is 37.2 Å². The minimum Gasteiger partial charge on any atom is -0.352 e. The number of aromatic nitrogens is 2. The topological polar surface area (TPSA) is 84.3 Å². The van der Waals surface area contributed by atoms with Crippen molar-refractivity contribution in [2.24, 2.45) is 0 Å². The monoisotopic (exact) mass is 486 g/mol. The first-order chi connectivity index (χ1) is 17.0. The molecule has 7 nitrogen and oxygen atoms in total. The summed E-state index contributed by atoms with van der Waals surface area (Å²) in [6.45, 7) is 0.866. The number of hydrogen-bond acceptors (Lipinski definition) is 4. The zero-order valence-corrected chi connectivity index (χ0v) is 20.0. The van der Waals surface area contributed by atoms with E-state index in [1.165, 1.54) is 10.4 Å². The van der Waals surface area contributed by atoms with Gasteiger partial charge >= 0.3 is 0 Å². The molecule has 0 unspecified atom stereocenters. The molecule has 5 rings (SSSR count). The lowest BCUT2D eigenvalue weighted by molar-refractivity contribution is 0.0954. The molecule has 1 aliphatic rings. The molecule has 178 valence electrons. The Balaban J connectivity index is 1.25. The molecular weight excluding hydrogens is 460 g/mol. The lowest BCUT2D eigenvalue weighted by atomic mass is 10.0. The molecule has 0 fully saturated rings. The second-order valence-corrected chi connectivity index (χ2v) is 10.3. The van der Waals surface area contributed by atoms with Crippen molar-refractivity contribution in [3.8, 4) is 5.69 Å². The van der Waals surface area contributed by atoms with E-state index in [0.717, 1.165) is 29.7 Å². The fraction of sp³-hybridized carbons (Fsp3) is 0.185. The molecular formula is C27H26N4O3S. The molecule has 1 aromatic heterocycles. The van der Waals surface area contributed by atoms with Gasteiger partial charge in [0.15, 0.2) is 0 Å². The second kappa shape index (κ2) is 9.76. The van der Waals surface area contributed by atoms with Crippen molar-refractivity contribution >= 4 is 21.6 Å². The maximum absolute atomic E-state index is 13.4. The maximum atomic E-state index is 13.4. The molecule has 0 aliphatic carbocycles. The normalized spacial score (nSPS) is 13.3. The van der Waals surface area contributed by atoms with E-state index >= 15 is 0 Å². The van der Waals surface area contributed by atoms with E-state index in [9.17, 15) is 13.2 Å². The number of carbonyl (C=O) groups is 1. The van der Waals surface area contributed by atoms with Gasteiger partial charge in [-0.15, -0.1) is 0 Å². The lowest BCUT2D eigenvalue weighted by Gasteiger charge is -2.30. The standard InChI is InChI=1S/C27H26N4O3S/c32-27(28-17-15-21-11-13-24(14-12-21)30-18-5-16-29-30)23-7-3-9-25(20-23)35(33,34)31-19-4-8-22-6-1-2-10-26(22)31/h1-3,5-7,9-14,16,18,20H,4,8,15,17,19H2,(H,28,32). The number of aryl methyl sites for hydroxylation is 1. The summed E-state index contributed by atoms with van der Waals surface area (Å²) in [6.07, 6.45) is 5.90. The Kier molecular flexibility index (Phi) is 6.37. The highest BCUT2D eigenvalue weighted by Crippen LogP contribution is 2.31. The SMILES string of the molecule is O=C(NCCc1ccc(-n2cccn2)cc1)c1cccc(S(=O)(=O)N2CCCc3ccccc32)c1. The van der Waals surface area contributed by atoms with E-state index in [2.05, 4.69) is 10.4 Å². The number of fused-ring (bicyclic) bond motifs is 1. The molecule has 0 atom stereocenters. The van der Waals surface area contributed by atoms with Crippen molar-refractivity contribution in [2.75, 3.05) is 17.4 Å². The first-order valence-electron chi connectivity index (χ1n) is 11.6. The van der Waals surface area contributed by atoms with Crippen molar-refractivity contribution in [3.63, 3.8) is 0 Å². The van der Waals surface area contributed by atoms with Crippen LogP contribution >= 0.6 is 0 Å². The summed E-state index contributed by atoms with van der Waals surface area (Å²) < 4.78 is 30.1. The molecule has 4 aromatic rings. The van der Waals surface area contributed by atoms with E-state index < -0.39 is 10.0 Å². The van der Waals surface area contributed by atoms with Crippen LogP contribution in [0.15, 0.2) is 96.2 Å². The highest BCUT2D eigenvalue weighted by molar-refractivity contribution is 7.92. The number of carbonyl (C=O) groups excluding carboxylic acids is 1. The van der Waals surface area contributed by atoms with Crippen LogP contribution in [-0.2, 0) is 22.9 Å². The second-order valence-electron chi connectivity index (χ2n) is 8.46. The van der Waals surface area contributed by atoms with E-state index in [-0.39, 0.29) is 10.8 Å². The number of nitrogens with zero attached hydrogens (tertiary/aromatic N) is 3. The Morgan fingerprint density at radius 2 is 1.80 bits per heavy atom. The number of para-hydroxylation sites is 1. The number of amides is 1. The Morgan fingerprint density at radius 1 is 0.971 bits per heavy atom. The van der Waals surface area contributed by atoms with Gasteiger partial charge in [-0.25, -0.2) is 13.1 Å². The summed E-state index contributed by atoms with van der Waals surface area (Å²) in [5.41, 5.74) is 4.12. The summed E-state index contributed by atoms with van der Waals surface area (Å²) in [6, 6.07) is 23.7. The fourth-order valence-corrected chi connectivity index (χ4v) is 5.92. The van der Waals surface area contributed by atoms with Crippen LogP contribution in [0.3, 0.4) is 0 Å². The van der Waals surface area contributed by atoms with Gasteiger partial charge < -0.3 is 5.32 Å². The largest absolute Gasteiger partial charge is 0.352 e. The zero-order chi connectivity index (χ0) is 24.3. The van der Waals surface area contributed by atoms with Crippen LogP contribution in [0, 0.1) is 0 Å². The van der Waals surface area contributed by atoms with Crippen LogP contribution in [0.2, 0.25) is 0 Å². The van der Waals surface area contributed by atoms with Crippen molar-refractivity contribution < 1.29 is 13.2 Å². The van der Waals surface area contributed by atoms with E-state index in [1.54, 1.807) is 29.1 Å². The predicted octanol–water partition coefficient (Wildman–Crippen LogP) is 3.99. The fourth-order valence-electron chi connectivity index (χ4n) is 4.33. The molecule has 0 bridgehead atoms. The molecule has 8 heteroatoms. The van der Waals surface area contributed by atoms with Crippen LogP contribution < -0.4 is 9.62 Å².